The summed E-state index contributed by atoms with van der Waals surface area (Å²) >= 11 is 0. The zero-order valence-electron chi connectivity index (χ0n) is 10.1. The highest BCUT2D eigenvalue weighted by molar-refractivity contribution is 5.76. The van der Waals surface area contributed by atoms with Crippen molar-refractivity contribution in [2.75, 3.05) is 13.6 Å². The van der Waals surface area contributed by atoms with E-state index in [4.69, 9.17) is 5.11 Å². The third-order valence-electron chi connectivity index (χ3n) is 3.24. The molecule has 0 spiro atoms. The molecule has 0 aromatic carbocycles. The smallest absolute Gasteiger partial charge is 0.317 e. The molecular weight excluding hydrogens is 208 g/mol. The van der Waals surface area contributed by atoms with E-state index >= 15 is 0 Å². The number of carbonyl (C=O) groups is 2. The summed E-state index contributed by atoms with van der Waals surface area (Å²) in [6.07, 6.45) is 2.18. The first-order chi connectivity index (χ1) is 7.41. The van der Waals surface area contributed by atoms with Crippen molar-refractivity contribution in [3.8, 4) is 0 Å². The molecule has 0 radical (unpaired) electrons. The first-order valence-corrected chi connectivity index (χ1v) is 5.66. The zero-order chi connectivity index (χ0) is 12.3. The second kappa shape index (κ2) is 5.18. The van der Waals surface area contributed by atoms with Crippen LogP contribution in [0.25, 0.3) is 0 Å². The number of rotatable bonds is 4. The molecule has 2 N–H and O–H groups in total. The van der Waals surface area contributed by atoms with Gasteiger partial charge in [-0.2, -0.15) is 0 Å². The number of nitrogens with one attached hydrogen (secondary N) is 1. The van der Waals surface area contributed by atoms with E-state index in [2.05, 4.69) is 12.2 Å². The lowest BCUT2D eigenvalue weighted by Crippen LogP contribution is -2.50. The lowest BCUT2D eigenvalue weighted by molar-refractivity contribution is -0.141. The molecule has 1 aliphatic carbocycles. The van der Waals surface area contributed by atoms with Crippen LogP contribution >= 0.6 is 0 Å². The van der Waals surface area contributed by atoms with Crippen molar-refractivity contribution >= 4 is 12.0 Å². The van der Waals surface area contributed by atoms with Crippen molar-refractivity contribution in [2.45, 2.75) is 32.7 Å². The number of hydrogen-bond acceptors (Lipinski definition) is 2. The van der Waals surface area contributed by atoms with Gasteiger partial charge < -0.3 is 15.3 Å². The van der Waals surface area contributed by atoms with Gasteiger partial charge in [0.05, 0.1) is 5.92 Å². The summed E-state index contributed by atoms with van der Waals surface area (Å²) in [6.45, 7) is 3.94. The van der Waals surface area contributed by atoms with Gasteiger partial charge in [-0.25, -0.2) is 4.79 Å². The first-order valence-electron chi connectivity index (χ1n) is 5.66. The third-order valence-corrected chi connectivity index (χ3v) is 3.24. The minimum atomic E-state index is -0.878. The summed E-state index contributed by atoms with van der Waals surface area (Å²) in [4.78, 5) is 23.7. The normalized spacial score (nSPS) is 25.4. The topological polar surface area (TPSA) is 69.6 Å². The summed E-state index contributed by atoms with van der Waals surface area (Å²) in [7, 11) is 1.62. The molecule has 0 heterocycles. The van der Waals surface area contributed by atoms with Gasteiger partial charge in [-0.05, 0) is 18.8 Å². The van der Waals surface area contributed by atoms with Crippen LogP contribution in [0.4, 0.5) is 4.79 Å². The molecule has 1 fully saturated rings. The highest BCUT2D eigenvalue weighted by atomic mass is 16.4. The summed E-state index contributed by atoms with van der Waals surface area (Å²) in [5, 5.41) is 11.6. The summed E-state index contributed by atoms with van der Waals surface area (Å²) in [5.41, 5.74) is 0. The van der Waals surface area contributed by atoms with E-state index in [0.717, 1.165) is 12.8 Å². The van der Waals surface area contributed by atoms with Crippen molar-refractivity contribution in [3.63, 3.8) is 0 Å². The van der Waals surface area contributed by atoms with Crippen LogP contribution in [0.3, 0.4) is 0 Å². The van der Waals surface area contributed by atoms with E-state index in [1.807, 2.05) is 0 Å². The Morgan fingerprint density at radius 1 is 1.50 bits per heavy atom. The van der Waals surface area contributed by atoms with Crippen molar-refractivity contribution in [1.82, 2.24) is 10.2 Å². The summed E-state index contributed by atoms with van der Waals surface area (Å²) < 4.78 is 0. The van der Waals surface area contributed by atoms with Crippen LogP contribution in [-0.4, -0.2) is 41.6 Å². The van der Waals surface area contributed by atoms with Crippen LogP contribution in [0.2, 0.25) is 0 Å². The van der Waals surface area contributed by atoms with Gasteiger partial charge in [0.25, 0.3) is 0 Å². The molecule has 1 rings (SSSR count). The monoisotopic (exact) mass is 228 g/mol. The van der Waals surface area contributed by atoms with Crippen molar-refractivity contribution in [2.24, 2.45) is 11.8 Å². The van der Waals surface area contributed by atoms with Crippen LogP contribution in [0.15, 0.2) is 0 Å². The van der Waals surface area contributed by atoms with Gasteiger partial charge in [-0.3, -0.25) is 4.79 Å². The number of aliphatic carboxylic acids is 1. The largest absolute Gasteiger partial charge is 0.481 e. The molecule has 0 aromatic heterocycles. The Labute approximate surface area is 95.8 Å². The standard InChI is InChI=1S/C11H20N2O3/c1-7-4-5-9(7)12-11(16)13(3)6-8(2)10(14)15/h7-9H,4-6H2,1-3H3,(H,12,16)(H,14,15). The summed E-state index contributed by atoms with van der Waals surface area (Å²) in [6, 6.07) is 0.0831. The number of urea groups is 1. The average molecular weight is 228 g/mol. The van der Waals surface area contributed by atoms with Crippen molar-refractivity contribution in [1.29, 1.82) is 0 Å². The highest BCUT2D eigenvalue weighted by Gasteiger charge is 2.29. The van der Waals surface area contributed by atoms with E-state index in [9.17, 15) is 9.59 Å². The summed E-state index contributed by atoms with van der Waals surface area (Å²) in [5.74, 6) is -0.875. The highest BCUT2D eigenvalue weighted by Crippen LogP contribution is 2.26. The predicted molar refractivity (Wildman–Crippen MR) is 60.1 cm³/mol. The van der Waals surface area contributed by atoms with Gasteiger partial charge in [-0.1, -0.05) is 13.8 Å². The maximum Gasteiger partial charge on any atom is 0.317 e. The minimum Gasteiger partial charge on any atom is -0.481 e. The van der Waals surface area contributed by atoms with Crippen molar-refractivity contribution < 1.29 is 14.7 Å². The Balaban J connectivity index is 2.33. The number of carboxylic acid groups (broad SMARTS) is 1. The van der Waals surface area contributed by atoms with E-state index in [-0.39, 0.29) is 18.6 Å². The third kappa shape index (κ3) is 3.12. The molecule has 0 bridgehead atoms. The Hall–Kier alpha value is -1.26. The lowest BCUT2D eigenvalue weighted by atomic mass is 9.81. The van der Waals surface area contributed by atoms with Gasteiger partial charge in [0.2, 0.25) is 0 Å². The fourth-order valence-corrected chi connectivity index (χ4v) is 1.72. The maximum atomic E-state index is 11.7. The van der Waals surface area contributed by atoms with Gasteiger partial charge in [0, 0.05) is 19.6 Å². The minimum absolute atomic E-state index is 0.176. The molecule has 5 nitrogen and oxygen atoms in total. The molecule has 0 aliphatic heterocycles. The van der Waals surface area contributed by atoms with Gasteiger partial charge in [-0.15, -0.1) is 0 Å². The molecule has 92 valence electrons. The molecule has 0 aromatic rings. The zero-order valence-corrected chi connectivity index (χ0v) is 10.1. The van der Waals surface area contributed by atoms with Crippen LogP contribution < -0.4 is 5.32 Å². The van der Waals surface area contributed by atoms with E-state index in [0.29, 0.717) is 5.92 Å². The van der Waals surface area contributed by atoms with Gasteiger partial charge in [0.1, 0.15) is 0 Å². The maximum absolute atomic E-state index is 11.7. The number of carboxylic acids is 1. The first kappa shape index (κ1) is 12.8. The number of hydrogen-bond donors (Lipinski definition) is 2. The predicted octanol–water partition coefficient (Wildman–Crippen LogP) is 1.15. The number of nitrogens with zero attached hydrogens (tertiary/aromatic N) is 1. The van der Waals surface area contributed by atoms with Crippen LogP contribution in [-0.2, 0) is 4.79 Å². The van der Waals surface area contributed by atoms with Gasteiger partial charge in [0.15, 0.2) is 0 Å². The average Bonchev–Trinajstić information content (AvgIpc) is 2.22. The molecule has 1 saturated carbocycles. The van der Waals surface area contributed by atoms with Crippen LogP contribution in [0, 0.1) is 11.8 Å². The molecule has 5 heteroatoms. The quantitative estimate of drug-likeness (QED) is 0.758. The van der Waals surface area contributed by atoms with E-state index in [1.165, 1.54) is 4.90 Å². The molecule has 3 atom stereocenters. The molecule has 3 unspecified atom stereocenters. The van der Waals surface area contributed by atoms with Crippen LogP contribution in [0.5, 0.6) is 0 Å². The second-order valence-electron chi connectivity index (χ2n) is 4.73. The van der Waals surface area contributed by atoms with E-state index < -0.39 is 11.9 Å². The Morgan fingerprint density at radius 2 is 2.12 bits per heavy atom. The number of amides is 2. The molecule has 1 aliphatic rings. The molecular formula is C11H20N2O3. The van der Waals surface area contributed by atoms with E-state index in [1.54, 1.807) is 14.0 Å². The Bertz CT molecular complexity index is 280. The molecule has 2 amide bonds. The van der Waals surface area contributed by atoms with Crippen molar-refractivity contribution in [3.05, 3.63) is 0 Å². The SMILES string of the molecule is CC(CN(C)C(=O)NC1CCC1C)C(=O)O. The number of carbonyl (C=O) groups excluding carboxylic acids is 1. The second-order valence-corrected chi connectivity index (χ2v) is 4.73. The fraction of sp³-hybridized carbons (Fsp3) is 0.818. The molecule has 0 saturated heterocycles. The van der Waals surface area contributed by atoms with Gasteiger partial charge >= 0.3 is 12.0 Å². The fourth-order valence-electron chi connectivity index (χ4n) is 1.72. The lowest BCUT2D eigenvalue weighted by Gasteiger charge is -2.35. The Kier molecular flexibility index (Phi) is 4.15. The molecule has 16 heavy (non-hydrogen) atoms. The Morgan fingerprint density at radius 3 is 2.50 bits per heavy atom. The van der Waals surface area contributed by atoms with Crippen LogP contribution in [0.1, 0.15) is 26.7 Å².